The smallest absolute Gasteiger partial charge is 0.239 e. The van der Waals surface area contributed by atoms with E-state index in [0.29, 0.717) is 18.7 Å². The van der Waals surface area contributed by atoms with Crippen LogP contribution >= 0.6 is 0 Å². The van der Waals surface area contributed by atoms with Gasteiger partial charge in [-0.25, -0.2) is 0 Å². The SMILES string of the molecule is Cc1cc(N2CCNC(=O)C2)ccc1C#N. The van der Waals surface area contributed by atoms with Gasteiger partial charge in [-0.15, -0.1) is 0 Å². The van der Waals surface area contributed by atoms with Gasteiger partial charge in [-0.1, -0.05) is 0 Å². The Morgan fingerprint density at radius 1 is 1.50 bits per heavy atom. The second-order valence-corrected chi connectivity index (χ2v) is 3.88. The fraction of sp³-hybridized carbons (Fsp3) is 0.333. The maximum atomic E-state index is 11.2. The predicted molar refractivity (Wildman–Crippen MR) is 61.1 cm³/mol. The summed E-state index contributed by atoms with van der Waals surface area (Å²) in [6.07, 6.45) is 0. The van der Waals surface area contributed by atoms with Crippen molar-refractivity contribution in [2.75, 3.05) is 24.5 Å². The summed E-state index contributed by atoms with van der Waals surface area (Å²) in [7, 11) is 0. The van der Waals surface area contributed by atoms with Gasteiger partial charge in [-0.3, -0.25) is 4.79 Å². The molecule has 0 bridgehead atoms. The normalized spacial score (nSPS) is 15.5. The van der Waals surface area contributed by atoms with Crippen molar-refractivity contribution in [3.8, 4) is 6.07 Å². The summed E-state index contributed by atoms with van der Waals surface area (Å²) in [5.74, 6) is 0.0493. The molecular weight excluding hydrogens is 202 g/mol. The van der Waals surface area contributed by atoms with E-state index in [2.05, 4.69) is 11.4 Å². The van der Waals surface area contributed by atoms with E-state index in [9.17, 15) is 4.79 Å². The number of benzene rings is 1. The summed E-state index contributed by atoms with van der Waals surface area (Å²) >= 11 is 0. The van der Waals surface area contributed by atoms with Gasteiger partial charge in [0.05, 0.1) is 18.2 Å². The standard InChI is InChI=1S/C12H13N3O/c1-9-6-11(3-2-10(9)7-13)15-5-4-14-12(16)8-15/h2-3,6H,4-5,8H2,1H3,(H,14,16). The van der Waals surface area contributed by atoms with Crippen LogP contribution < -0.4 is 10.2 Å². The average Bonchev–Trinajstić information content (AvgIpc) is 2.29. The van der Waals surface area contributed by atoms with E-state index in [1.54, 1.807) is 6.07 Å². The van der Waals surface area contributed by atoms with Gasteiger partial charge in [0.25, 0.3) is 0 Å². The van der Waals surface area contributed by atoms with Crippen LogP contribution in [-0.2, 0) is 4.79 Å². The molecule has 0 aliphatic carbocycles. The van der Waals surface area contributed by atoms with E-state index in [0.717, 1.165) is 17.8 Å². The van der Waals surface area contributed by atoms with Crippen molar-refractivity contribution >= 4 is 11.6 Å². The van der Waals surface area contributed by atoms with E-state index >= 15 is 0 Å². The fourth-order valence-electron chi connectivity index (χ4n) is 1.83. The van der Waals surface area contributed by atoms with Gasteiger partial charge < -0.3 is 10.2 Å². The van der Waals surface area contributed by atoms with E-state index < -0.39 is 0 Å². The number of carbonyl (C=O) groups is 1. The first-order valence-corrected chi connectivity index (χ1v) is 5.23. The maximum Gasteiger partial charge on any atom is 0.239 e. The monoisotopic (exact) mass is 215 g/mol. The highest BCUT2D eigenvalue weighted by Crippen LogP contribution is 2.19. The molecule has 0 radical (unpaired) electrons. The van der Waals surface area contributed by atoms with Crippen molar-refractivity contribution in [2.24, 2.45) is 0 Å². The van der Waals surface area contributed by atoms with E-state index in [-0.39, 0.29) is 5.91 Å². The third kappa shape index (κ3) is 1.98. The number of hydrogen-bond acceptors (Lipinski definition) is 3. The van der Waals surface area contributed by atoms with Crippen molar-refractivity contribution in [3.63, 3.8) is 0 Å². The largest absolute Gasteiger partial charge is 0.360 e. The van der Waals surface area contributed by atoms with Gasteiger partial charge in [0.1, 0.15) is 0 Å². The number of aryl methyl sites for hydroxylation is 1. The number of amides is 1. The van der Waals surface area contributed by atoms with Crippen molar-refractivity contribution in [1.82, 2.24) is 5.32 Å². The van der Waals surface area contributed by atoms with E-state index in [1.807, 2.05) is 24.0 Å². The molecule has 82 valence electrons. The minimum Gasteiger partial charge on any atom is -0.360 e. The Bertz CT molecular complexity index is 462. The molecule has 1 N–H and O–H groups in total. The molecule has 16 heavy (non-hydrogen) atoms. The number of nitrogens with one attached hydrogen (secondary N) is 1. The second-order valence-electron chi connectivity index (χ2n) is 3.88. The van der Waals surface area contributed by atoms with Crippen molar-refractivity contribution in [1.29, 1.82) is 5.26 Å². The number of rotatable bonds is 1. The molecule has 2 rings (SSSR count). The Morgan fingerprint density at radius 3 is 2.94 bits per heavy atom. The molecule has 1 heterocycles. The molecular formula is C12H13N3O. The first-order valence-electron chi connectivity index (χ1n) is 5.23. The molecule has 0 spiro atoms. The van der Waals surface area contributed by atoms with Gasteiger partial charge in [0.15, 0.2) is 0 Å². The number of nitriles is 1. The lowest BCUT2D eigenvalue weighted by molar-refractivity contribution is -0.120. The van der Waals surface area contributed by atoms with Crippen LogP contribution in [0.1, 0.15) is 11.1 Å². The lowest BCUT2D eigenvalue weighted by atomic mass is 10.1. The number of nitrogens with zero attached hydrogens (tertiary/aromatic N) is 2. The summed E-state index contributed by atoms with van der Waals surface area (Å²) in [5.41, 5.74) is 2.64. The highest BCUT2D eigenvalue weighted by Gasteiger charge is 2.16. The molecule has 1 amide bonds. The third-order valence-electron chi connectivity index (χ3n) is 2.73. The highest BCUT2D eigenvalue weighted by molar-refractivity contribution is 5.82. The minimum atomic E-state index is 0.0493. The Hall–Kier alpha value is -2.02. The first kappa shape index (κ1) is 10.5. The number of anilines is 1. The predicted octanol–water partition coefficient (Wildman–Crippen LogP) is 0.803. The van der Waals surface area contributed by atoms with Gasteiger partial charge in [-0.05, 0) is 30.7 Å². The topological polar surface area (TPSA) is 56.1 Å². The van der Waals surface area contributed by atoms with Crippen molar-refractivity contribution in [3.05, 3.63) is 29.3 Å². The van der Waals surface area contributed by atoms with Crippen LogP contribution in [0.3, 0.4) is 0 Å². The number of piperazine rings is 1. The third-order valence-corrected chi connectivity index (χ3v) is 2.73. The van der Waals surface area contributed by atoms with Crippen LogP contribution in [-0.4, -0.2) is 25.5 Å². The zero-order valence-electron chi connectivity index (χ0n) is 9.16. The molecule has 4 heteroatoms. The zero-order chi connectivity index (χ0) is 11.5. The molecule has 1 saturated heterocycles. The summed E-state index contributed by atoms with van der Waals surface area (Å²) in [6, 6.07) is 7.79. The lowest BCUT2D eigenvalue weighted by Gasteiger charge is -2.28. The highest BCUT2D eigenvalue weighted by atomic mass is 16.2. The lowest BCUT2D eigenvalue weighted by Crippen LogP contribution is -2.47. The van der Waals surface area contributed by atoms with Crippen molar-refractivity contribution in [2.45, 2.75) is 6.92 Å². The maximum absolute atomic E-state index is 11.2. The molecule has 1 aromatic rings. The quantitative estimate of drug-likeness (QED) is 0.754. The summed E-state index contributed by atoms with van der Waals surface area (Å²) in [4.78, 5) is 13.3. The average molecular weight is 215 g/mol. The van der Waals surface area contributed by atoms with Gasteiger partial charge >= 0.3 is 0 Å². The van der Waals surface area contributed by atoms with Gasteiger partial charge in [0, 0.05) is 18.8 Å². The number of hydrogen-bond donors (Lipinski definition) is 1. The Kier molecular flexibility index (Phi) is 2.78. The van der Waals surface area contributed by atoms with Crippen molar-refractivity contribution < 1.29 is 4.79 Å². The summed E-state index contributed by atoms with van der Waals surface area (Å²) in [5, 5.41) is 11.6. The van der Waals surface area contributed by atoms with E-state index in [1.165, 1.54) is 0 Å². The van der Waals surface area contributed by atoms with Gasteiger partial charge in [-0.2, -0.15) is 5.26 Å². The molecule has 0 atom stereocenters. The molecule has 0 saturated carbocycles. The zero-order valence-corrected chi connectivity index (χ0v) is 9.16. The van der Waals surface area contributed by atoms with Crippen LogP contribution in [0.2, 0.25) is 0 Å². The summed E-state index contributed by atoms with van der Waals surface area (Å²) in [6.45, 7) is 3.80. The van der Waals surface area contributed by atoms with Crippen LogP contribution in [0.5, 0.6) is 0 Å². The van der Waals surface area contributed by atoms with Crippen LogP contribution in [0.15, 0.2) is 18.2 Å². The molecule has 4 nitrogen and oxygen atoms in total. The second kappa shape index (κ2) is 4.23. The van der Waals surface area contributed by atoms with Crippen LogP contribution in [0, 0.1) is 18.3 Å². The van der Waals surface area contributed by atoms with E-state index in [4.69, 9.17) is 5.26 Å². The Labute approximate surface area is 94.5 Å². The molecule has 0 aromatic heterocycles. The van der Waals surface area contributed by atoms with Crippen LogP contribution in [0.25, 0.3) is 0 Å². The fourth-order valence-corrected chi connectivity index (χ4v) is 1.83. The Balaban J connectivity index is 2.24. The number of carbonyl (C=O) groups excluding carboxylic acids is 1. The molecule has 1 aliphatic heterocycles. The molecule has 1 aromatic carbocycles. The Morgan fingerprint density at radius 2 is 2.31 bits per heavy atom. The van der Waals surface area contributed by atoms with Gasteiger partial charge in [0.2, 0.25) is 5.91 Å². The van der Waals surface area contributed by atoms with Crippen LogP contribution in [0.4, 0.5) is 5.69 Å². The molecule has 1 fully saturated rings. The summed E-state index contributed by atoms with van der Waals surface area (Å²) < 4.78 is 0. The molecule has 0 unspecified atom stereocenters. The minimum absolute atomic E-state index is 0.0493. The molecule has 1 aliphatic rings. The first-order chi connectivity index (χ1) is 7.70.